The maximum atomic E-state index is 4.46. The number of likely N-dealkylation sites (N-methyl/N-ethyl adjacent to an activating group) is 1. The molecule has 0 saturated heterocycles. The molecule has 0 aliphatic rings. The van der Waals surface area contributed by atoms with Gasteiger partial charge in [0.05, 0.1) is 5.69 Å². The molecule has 0 fully saturated rings. The minimum atomic E-state index is 0.533. The van der Waals surface area contributed by atoms with Gasteiger partial charge < -0.3 is 10.2 Å². The molecule has 4 nitrogen and oxygen atoms in total. The first-order chi connectivity index (χ1) is 8.69. The zero-order chi connectivity index (χ0) is 13.4. The Morgan fingerprint density at radius 2 is 2.06 bits per heavy atom. The summed E-state index contributed by atoms with van der Waals surface area (Å²) in [6.07, 6.45) is 4.23. The molecule has 0 aromatic carbocycles. The lowest BCUT2D eigenvalue weighted by atomic mass is 10.1. The molecule has 1 unspecified atom stereocenters. The van der Waals surface area contributed by atoms with Crippen LogP contribution in [0.4, 0.5) is 0 Å². The maximum Gasteiger partial charge on any atom is 0.0640 e. The number of nitrogens with zero attached hydrogens (tertiary/aromatic N) is 3. The lowest BCUT2D eigenvalue weighted by Crippen LogP contribution is -2.36. The van der Waals surface area contributed by atoms with Crippen molar-refractivity contribution < 1.29 is 0 Å². The van der Waals surface area contributed by atoms with Crippen molar-refractivity contribution in [1.29, 1.82) is 0 Å². The standard InChI is InChI=1S/C14H28N4/c1-5-15-13(9-11-18(6-2)7-3)12-14-8-10-17(4)16-14/h8,10,13,15H,5-7,9,11-12H2,1-4H3. The topological polar surface area (TPSA) is 33.1 Å². The van der Waals surface area contributed by atoms with Crippen LogP contribution < -0.4 is 5.32 Å². The van der Waals surface area contributed by atoms with Crippen LogP contribution in [0.15, 0.2) is 12.3 Å². The summed E-state index contributed by atoms with van der Waals surface area (Å²) in [6.45, 7) is 11.1. The van der Waals surface area contributed by atoms with Crippen LogP contribution in [0, 0.1) is 0 Å². The van der Waals surface area contributed by atoms with Gasteiger partial charge in [-0.1, -0.05) is 20.8 Å². The summed E-state index contributed by atoms with van der Waals surface area (Å²) < 4.78 is 1.88. The van der Waals surface area contributed by atoms with Crippen LogP contribution in [0.2, 0.25) is 0 Å². The zero-order valence-electron chi connectivity index (χ0n) is 12.3. The molecule has 0 radical (unpaired) electrons. The quantitative estimate of drug-likeness (QED) is 0.726. The van der Waals surface area contributed by atoms with Gasteiger partial charge in [0.1, 0.15) is 0 Å². The van der Waals surface area contributed by atoms with Gasteiger partial charge in [0, 0.05) is 25.7 Å². The molecule has 0 saturated carbocycles. The van der Waals surface area contributed by atoms with E-state index >= 15 is 0 Å². The van der Waals surface area contributed by atoms with Crippen LogP contribution in [-0.2, 0) is 13.5 Å². The van der Waals surface area contributed by atoms with Gasteiger partial charge in [-0.15, -0.1) is 0 Å². The molecule has 0 bridgehead atoms. The fourth-order valence-electron chi connectivity index (χ4n) is 2.27. The minimum Gasteiger partial charge on any atom is -0.314 e. The number of nitrogens with one attached hydrogen (secondary N) is 1. The molecule has 1 aromatic rings. The number of hydrogen-bond donors (Lipinski definition) is 1. The summed E-state index contributed by atoms with van der Waals surface area (Å²) in [5, 5.41) is 8.03. The van der Waals surface area contributed by atoms with E-state index in [1.807, 2.05) is 17.9 Å². The third-order valence-electron chi connectivity index (χ3n) is 3.41. The van der Waals surface area contributed by atoms with E-state index < -0.39 is 0 Å². The fraction of sp³-hybridized carbons (Fsp3) is 0.786. The highest BCUT2D eigenvalue weighted by Gasteiger charge is 2.11. The second kappa shape index (κ2) is 8.27. The molecule has 1 rings (SSSR count). The second-order valence-corrected chi connectivity index (χ2v) is 4.76. The van der Waals surface area contributed by atoms with Gasteiger partial charge in [0.2, 0.25) is 0 Å². The Morgan fingerprint density at radius 3 is 2.56 bits per heavy atom. The summed E-state index contributed by atoms with van der Waals surface area (Å²) >= 11 is 0. The van der Waals surface area contributed by atoms with E-state index in [1.54, 1.807) is 0 Å². The Morgan fingerprint density at radius 1 is 1.33 bits per heavy atom. The Kier molecular flexibility index (Phi) is 6.98. The Labute approximate surface area is 111 Å². The van der Waals surface area contributed by atoms with E-state index in [0.717, 1.165) is 32.6 Å². The summed E-state index contributed by atoms with van der Waals surface area (Å²) in [7, 11) is 1.97. The molecule has 0 aliphatic carbocycles. The van der Waals surface area contributed by atoms with Gasteiger partial charge in [-0.3, -0.25) is 4.68 Å². The summed E-state index contributed by atoms with van der Waals surface area (Å²) in [5.41, 5.74) is 1.18. The highest BCUT2D eigenvalue weighted by molar-refractivity contribution is 5.01. The monoisotopic (exact) mass is 252 g/mol. The van der Waals surface area contributed by atoms with Crippen molar-refractivity contribution in [3.63, 3.8) is 0 Å². The first-order valence-electron chi connectivity index (χ1n) is 7.13. The predicted molar refractivity (Wildman–Crippen MR) is 76.8 cm³/mol. The maximum absolute atomic E-state index is 4.46. The highest BCUT2D eigenvalue weighted by Crippen LogP contribution is 2.05. The Hall–Kier alpha value is -0.870. The van der Waals surface area contributed by atoms with Crippen LogP contribution in [0.3, 0.4) is 0 Å². The van der Waals surface area contributed by atoms with Crippen LogP contribution in [0.5, 0.6) is 0 Å². The molecular formula is C14H28N4. The molecule has 0 aliphatic heterocycles. The van der Waals surface area contributed by atoms with E-state index in [1.165, 1.54) is 12.1 Å². The largest absolute Gasteiger partial charge is 0.314 e. The van der Waals surface area contributed by atoms with Gasteiger partial charge in [-0.05, 0) is 38.7 Å². The summed E-state index contributed by atoms with van der Waals surface area (Å²) in [5.74, 6) is 0. The lowest BCUT2D eigenvalue weighted by Gasteiger charge is -2.22. The fourth-order valence-corrected chi connectivity index (χ4v) is 2.27. The third kappa shape index (κ3) is 5.19. The summed E-state index contributed by atoms with van der Waals surface area (Å²) in [6, 6.07) is 2.65. The third-order valence-corrected chi connectivity index (χ3v) is 3.41. The molecule has 1 aromatic heterocycles. The number of aromatic nitrogens is 2. The Bertz CT molecular complexity index is 317. The van der Waals surface area contributed by atoms with E-state index in [2.05, 4.69) is 42.2 Å². The van der Waals surface area contributed by atoms with Crippen LogP contribution in [0.1, 0.15) is 32.9 Å². The van der Waals surface area contributed by atoms with Gasteiger partial charge in [0.25, 0.3) is 0 Å². The van der Waals surface area contributed by atoms with Crippen molar-refractivity contribution in [1.82, 2.24) is 20.0 Å². The highest BCUT2D eigenvalue weighted by atomic mass is 15.2. The van der Waals surface area contributed by atoms with Crippen molar-refractivity contribution >= 4 is 0 Å². The number of aryl methyl sites for hydroxylation is 1. The molecule has 1 N–H and O–H groups in total. The van der Waals surface area contributed by atoms with Gasteiger partial charge >= 0.3 is 0 Å². The lowest BCUT2D eigenvalue weighted by molar-refractivity contribution is 0.280. The average Bonchev–Trinajstić information content (AvgIpc) is 2.76. The molecule has 1 atom stereocenters. The molecule has 104 valence electrons. The van der Waals surface area contributed by atoms with Crippen LogP contribution >= 0.6 is 0 Å². The molecule has 18 heavy (non-hydrogen) atoms. The predicted octanol–water partition coefficient (Wildman–Crippen LogP) is 1.67. The van der Waals surface area contributed by atoms with Crippen molar-refractivity contribution in [3.05, 3.63) is 18.0 Å². The van der Waals surface area contributed by atoms with Crippen molar-refractivity contribution in [2.45, 2.75) is 39.7 Å². The summed E-state index contributed by atoms with van der Waals surface area (Å²) in [4.78, 5) is 2.47. The van der Waals surface area contributed by atoms with Gasteiger partial charge in [0.15, 0.2) is 0 Å². The van der Waals surface area contributed by atoms with Gasteiger partial charge in [-0.2, -0.15) is 5.10 Å². The molecule has 0 amide bonds. The smallest absolute Gasteiger partial charge is 0.0640 e. The van der Waals surface area contributed by atoms with E-state index in [4.69, 9.17) is 0 Å². The van der Waals surface area contributed by atoms with Crippen molar-refractivity contribution in [2.75, 3.05) is 26.2 Å². The first-order valence-corrected chi connectivity index (χ1v) is 7.13. The first kappa shape index (κ1) is 15.2. The molecule has 1 heterocycles. The average molecular weight is 252 g/mol. The van der Waals surface area contributed by atoms with E-state index in [-0.39, 0.29) is 0 Å². The minimum absolute atomic E-state index is 0.533. The van der Waals surface area contributed by atoms with E-state index in [0.29, 0.717) is 6.04 Å². The van der Waals surface area contributed by atoms with Crippen LogP contribution in [0.25, 0.3) is 0 Å². The van der Waals surface area contributed by atoms with Crippen molar-refractivity contribution in [2.24, 2.45) is 7.05 Å². The second-order valence-electron chi connectivity index (χ2n) is 4.76. The number of hydrogen-bond acceptors (Lipinski definition) is 3. The zero-order valence-corrected chi connectivity index (χ0v) is 12.3. The van der Waals surface area contributed by atoms with E-state index in [9.17, 15) is 0 Å². The van der Waals surface area contributed by atoms with Crippen LogP contribution in [-0.4, -0.2) is 46.9 Å². The Balaban J connectivity index is 2.44. The molecular weight excluding hydrogens is 224 g/mol. The van der Waals surface area contributed by atoms with Crippen molar-refractivity contribution in [3.8, 4) is 0 Å². The van der Waals surface area contributed by atoms with Gasteiger partial charge in [-0.25, -0.2) is 0 Å². The SMILES string of the molecule is CCNC(CCN(CC)CC)Cc1ccn(C)n1. The molecule has 4 heteroatoms. The number of rotatable bonds is 9. The normalized spacial score (nSPS) is 13.2. The molecule has 0 spiro atoms.